The topological polar surface area (TPSA) is 102 Å². The van der Waals surface area contributed by atoms with Crippen LogP contribution >= 0.6 is 0 Å². The molecular formula is C19H21F3N8O. The van der Waals surface area contributed by atoms with Gasteiger partial charge in [-0.3, -0.25) is 4.79 Å². The molecule has 0 fully saturated rings. The van der Waals surface area contributed by atoms with E-state index in [4.69, 9.17) is 0 Å². The summed E-state index contributed by atoms with van der Waals surface area (Å²) in [6, 6.07) is 0.721. The molecule has 0 spiro atoms. The Morgan fingerprint density at radius 3 is 2.42 bits per heavy atom. The molecule has 3 aromatic rings. The SMILES string of the molecule is CCN(C(=O)c1cc(F)cnc1-n1nccn1)[C@@H](C)CNc1ncc(C(C)(F)F)cn1. The number of hydrogen-bond acceptors (Lipinski definition) is 7. The summed E-state index contributed by atoms with van der Waals surface area (Å²) in [6.45, 7) is 4.88. The lowest BCUT2D eigenvalue weighted by atomic mass is 10.1. The van der Waals surface area contributed by atoms with Crippen LogP contribution in [-0.4, -0.2) is 59.9 Å². The number of carbonyl (C=O) groups is 1. The summed E-state index contributed by atoms with van der Waals surface area (Å²) in [5.41, 5.74) is -0.287. The molecule has 0 bridgehead atoms. The van der Waals surface area contributed by atoms with Gasteiger partial charge in [-0.2, -0.15) is 10.2 Å². The average Bonchev–Trinajstić information content (AvgIpc) is 3.27. The van der Waals surface area contributed by atoms with Gasteiger partial charge in [0.15, 0.2) is 5.82 Å². The van der Waals surface area contributed by atoms with Crippen LogP contribution in [-0.2, 0) is 5.92 Å². The Kier molecular flexibility index (Phi) is 6.47. The van der Waals surface area contributed by atoms with Crippen molar-refractivity contribution in [1.82, 2.24) is 34.8 Å². The lowest BCUT2D eigenvalue weighted by Gasteiger charge is -2.28. The number of carbonyl (C=O) groups excluding carboxylic acids is 1. The number of amides is 1. The highest BCUT2D eigenvalue weighted by atomic mass is 19.3. The van der Waals surface area contributed by atoms with Gasteiger partial charge < -0.3 is 10.2 Å². The fourth-order valence-corrected chi connectivity index (χ4v) is 2.88. The van der Waals surface area contributed by atoms with Crippen LogP contribution < -0.4 is 5.32 Å². The minimum atomic E-state index is -3.03. The number of hydrogen-bond donors (Lipinski definition) is 1. The van der Waals surface area contributed by atoms with E-state index in [9.17, 15) is 18.0 Å². The van der Waals surface area contributed by atoms with Gasteiger partial charge in [0, 0.05) is 38.4 Å². The molecule has 12 heteroatoms. The third kappa shape index (κ3) is 5.13. The highest BCUT2D eigenvalue weighted by Gasteiger charge is 2.26. The molecule has 1 atom stereocenters. The van der Waals surface area contributed by atoms with Crippen molar-refractivity contribution in [3.63, 3.8) is 0 Å². The van der Waals surface area contributed by atoms with Crippen LogP contribution in [0.3, 0.4) is 0 Å². The molecule has 3 aromatic heterocycles. The Morgan fingerprint density at radius 2 is 1.84 bits per heavy atom. The molecule has 3 heterocycles. The summed E-state index contributed by atoms with van der Waals surface area (Å²) in [7, 11) is 0. The maximum atomic E-state index is 13.8. The molecule has 0 unspecified atom stereocenters. The number of nitrogens with zero attached hydrogens (tertiary/aromatic N) is 7. The summed E-state index contributed by atoms with van der Waals surface area (Å²) >= 11 is 0. The first-order chi connectivity index (χ1) is 14.7. The molecule has 0 aliphatic heterocycles. The standard InChI is InChI=1S/C19H21F3N8O/c1-4-29(12(2)8-24-18-25-9-13(10-26-18)19(3,21)22)17(31)15-7-14(20)11-23-16(15)30-27-5-6-28-30/h5-7,9-12H,4,8H2,1-3H3,(H,24,25,26)/t12-/m0/s1. The number of pyridine rings is 1. The van der Waals surface area contributed by atoms with E-state index in [2.05, 4.69) is 30.5 Å². The fraction of sp³-hybridized carbons (Fsp3) is 0.368. The second-order valence-corrected chi connectivity index (χ2v) is 6.85. The van der Waals surface area contributed by atoms with Crippen molar-refractivity contribution in [2.24, 2.45) is 0 Å². The molecule has 0 saturated heterocycles. The quantitative estimate of drug-likeness (QED) is 0.582. The minimum absolute atomic E-state index is 0.00989. The molecule has 31 heavy (non-hydrogen) atoms. The van der Waals surface area contributed by atoms with Gasteiger partial charge in [-0.25, -0.2) is 28.1 Å². The molecule has 1 N–H and O–H groups in total. The Bertz CT molecular complexity index is 1020. The Morgan fingerprint density at radius 1 is 1.19 bits per heavy atom. The third-order valence-electron chi connectivity index (χ3n) is 4.52. The highest BCUT2D eigenvalue weighted by Crippen LogP contribution is 2.25. The maximum absolute atomic E-state index is 13.8. The van der Waals surface area contributed by atoms with E-state index >= 15 is 0 Å². The number of anilines is 1. The van der Waals surface area contributed by atoms with Gasteiger partial charge in [-0.1, -0.05) is 0 Å². The molecule has 0 aliphatic carbocycles. The lowest BCUT2D eigenvalue weighted by molar-refractivity contribution is 0.0167. The first-order valence-electron chi connectivity index (χ1n) is 9.48. The van der Waals surface area contributed by atoms with Crippen molar-refractivity contribution >= 4 is 11.9 Å². The van der Waals surface area contributed by atoms with Crippen LogP contribution in [0.1, 0.15) is 36.7 Å². The normalized spacial score (nSPS) is 12.5. The predicted molar refractivity (Wildman–Crippen MR) is 105 cm³/mol. The molecule has 164 valence electrons. The van der Waals surface area contributed by atoms with Crippen LogP contribution in [0.4, 0.5) is 19.1 Å². The second kappa shape index (κ2) is 9.06. The number of rotatable bonds is 8. The van der Waals surface area contributed by atoms with E-state index in [1.165, 1.54) is 17.3 Å². The van der Waals surface area contributed by atoms with Crippen molar-refractivity contribution < 1.29 is 18.0 Å². The minimum Gasteiger partial charge on any atom is -0.352 e. The molecule has 0 radical (unpaired) electrons. The predicted octanol–water partition coefficient (Wildman–Crippen LogP) is 2.67. The average molecular weight is 434 g/mol. The first kappa shape index (κ1) is 22.1. The molecule has 1 amide bonds. The van der Waals surface area contributed by atoms with Crippen LogP contribution in [0.25, 0.3) is 5.82 Å². The molecule has 9 nitrogen and oxygen atoms in total. The lowest BCUT2D eigenvalue weighted by Crippen LogP contribution is -2.42. The molecule has 0 aromatic carbocycles. The Labute approximate surface area is 176 Å². The van der Waals surface area contributed by atoms with Crippen molar-refractivity contribution in [3.05, 3.63) is 54.0 Å². The maximum Gasteiger partial charge on any atom is 0.273 e. The van der Waals surface area contributed by atoms with Gasteiger partial charge >= 0.3 is 0 Å². The van der Waals surface area contributed by atoms with E-state index in [1.54, 1.807) is 13.8 Å². The molecular weight excluding hydrogens is 413 g/mol. The van der Waals surface area contributed by atoms with Crippen molar-refractivity contribution in [2.75, 3.05) is 18.4 Å². The van der Waals surface area contributed by atoms with E-state index in [0.29, 0.717) is 6.54 Å². The van der Waals surface area contributed by atoms with Crippen molar-refractivity contribution in [2.45, 2.75) is 32.7 Å². The monoisotopic (exact) mass is 434 g/mol. The highest BCUT2D eigenvalue weighted by molar-refractivity contribution is 5.97. The van der Waals surface area contributed by atoms with E-state index in [-0.39, 0.29) is 35.5 Å². The zero-order valence-corrected chi connectivity index (χ0v) is 17.1. The van der Waals surface area contributed by atoms with Gasteiger partial charge in [-0.15, -0.1) is 4.80 Å². The zero-order chi connectivity index (χ0) is 22.6. The number of alkyl halides is 2. The van der Waals surface area contributed by atoms with Gasteiger partial charge in [0.2, 0.25) is 5.95 Å². The number of aromatic nitrogens is 6. The van der Waals surface area contributed by atoms with Crippen LogP contribution in [0, 0.1) is 5.82 Å². The van der Waals surface area contributed by atoms with Crippen molar-refractivity contribution in [1.29, 1.82) is 0 Å². The van der Waals surface area contributed by atoms with Gasteiger partial charge in [0.25, 0.3) is 11.8 Å². The summed E-state index contributed by atoms with van der Waals surface area (Å²) in [5, 5.41) is 10.8. The summed E-state index contributed by atoms with van der Waals surface area (Å²) in [6.07, 6.45) is 5.92. The summed E-state index contributed by atoms with van der Waals surface area (Å²) in [5.74, 6) is -3.90. The Hall–Kier alpha value is -3.57. The Balaban J connectivity index is 1.74. The number of nitrogens with one attached hydrogen (secondary N) is 1. The molecule has 0 aliphatic rings. The van der Waals surface area contributed by atoms with Crippen molar-refractivity contribution in [3.8, 4) is 5.82 Å². The zero-order valence-electron chi connectivity index (χ0n) is 17.1. The molecule has 0 saturated carbocycles. The van der Waals surface area contributed by atoms with Crippen LogP contribution in [0.15, 0.2) is 37.1 Å². The fourth-order valence-electron chi connectivity index (χ4n) is 2.88. The summed E-state index contributed by atoms with van der Waals surface area (Å²) < 4.78 is 40.4. The van der Waals surface area contributed by atoms with Gasteiger partial charge in [0.1, 0.15) is 5.82 Å². The van der Waals surface area contributed by atoms with E-state index < -0.39 is 17.6 Å². The van der Waals surface area contributed by atoms with Gasteiger partial charge in [-0.05, 0) is 19.9 Å². The van der Waals surface area contributed by atoms with Gasteiger partial charge in [0.05, 0.1) is 29.7 Å². The summed E-state index contributed by atoms with van der Waals surface area (Å²) in [4.78, 5) is 27.5. The number of likely N-dealkylation sites (N-methyl/N-ethyl adjacent to an activating group) is 1. The van der Waals surface area contributed by atoms with Crippen LogP contribution in [0.5, 0.6) is 0 Å². The largest absolute Gasteiger partial charge is 0.352 e. The van der Waals surface area contributed by atoms with Crippen LogP contribution in [0.2, 0.25) is 0 Å². The van der Waals surface area contributed by atoms with E-state index in [1.807, 2.05) is 0 Å². The number of halogens is 3. The third-order valence-corrected chi connectivity index (χ3v) is 4.52. The smallest absolute Gasteiger partial charge is 0.273 e. The second-order valence-electron chi connectivity index (χ2n) is 6.85. The first-order valence-corrected chi connectivity index (χ1v) is 9.48. The molecule has 3 rings (SSSR count). The van der Waals surface area contributed by atoms with E-state index in [0.717, 1.165) is 36.4 Å².